The van der Waals surface area contributed by atoms with Gasteiger partial charge in [0, 0.05) is 0 Å². The first-order valence-corrected chi connectivity index (χ1v) is 11.2. The summed E-state index contributed by atoms with van der Waals surface area (Å²) in [5.41, 5.74) is 9.73. The van der Waals surface area contributed by atoms with Crippen LogP contribution in [0.25, 0.3) is 16.7 Å². The lowest BCUT2D eigenvalue weighted by Gasteiger charge is -2.23. The Bertz CT molecular complexity index is 1010. The summed E-state index contributed by atoms with van der Waals surface area (Å²) >= 11 is 0. The summed E-state index contributed by atoms with van der Waals surface area (Å²) in [6, 6.07) is 24.6. The topological polar surface area (TPSA) is 9.23 Å². The molecule has 0 N–H and O–H groups in total. The minimum atomic E-state index is 0.613. The Morgan fingerprint density at radius 2 is 1.63 bits per heavy atom. The van der Waals surface area contributed by atoms with Gasteiger partial charge in [-0.15, -0.1) is 0 Å². The smallest absolute Gasteiger partial charge is 0.118 e. The first kappa shape index (κ1) is 20.5. The summed E-state index contributed by atoms with van der Waals surface area (Å²) in [4.78, 5) is 0. The molecule has 0 saturated carbocycles. The summed E-state index contributed by atoms with van der Waals surface area (Å²) in [5, 5.41) is 0. The molecular formula is C29H32O. The van der Waals surface area contributed by atoms with Crippen LogP contribution in [-0.2, 0) is 6.42 Å². The second kappa shape index (κ2) is 9.34. The predicted molar refractivity (Wildman–Crippen MR) is 128 cm³/mol. The number of methoxy groups -OCH3 is 1. The molecule has 0 bridgehead atoms. The minimum Gasteiger partial charge on any atom is -0.497 e. The molecule has 1 atom stereocenters. The molecule has 1 unspecified atom stereocenters. The van der Waals surface area contributed by atoms with Gasteiger partial charge in [-0.05, 0) is 89.6 Å². The predicted octanol–water partition coefficient (Wildman–Crippen LogP) is 7.97. The highest BCUT2D eigenvalue weighted by Gasteiger charge is 2.17. The first-order chi connectivity index (χ1) is 14.7. The van der Waals surface area contributed by atoms with Gasteiger partial charge in [0.1, 0.15) is 5.75 Å². The van der Waals surface area contributed by atoms with Crippen LogP contribution in [0.4, 0.5) is 0 Å². The molecule has 4 rings (SSSR count). The molecular weight excluding hydrogens is 364 g/mol. The van der Waals surface area contributed by atoms with Crippen LogP contribution in [0.3, 0.4) is 0 Å². The molecule has 0 amide bonds. The number of benzene rings is 3. The van der Waals surface area contributed by atoms with E-state index in [0.717, 1.165) is 25.0 Å². The molecule has 30 heavy (non-hydrogen) atoms. The van der Waals surface area contributed by atoms with Gasteiger partial charge in [0.15, 0.2) is 0 Å². The number of rotatable bonds is 6. The van der Waals surface area contributed by atoms with Crippen LogP contribution < -0.4 is 4.74 Å². The zero-order chi connectivity index (χ0) is 20.9. The van der Waals surface area contributed by atoms with Gasteiger partial charge in [0.05, 0.1) is 7.11 Å². The molecule has 0 aliphatic heterocycles. The summed E-state index contributed by atoms with van der Waals surface area (Å²) in [5.74, 6) is 1.54. The average Bonchev–Trinajstić information content (AvgIpc) is 2.80. The van der Waals surface area contributed by atoms with Gasteiger partial charge in [-0.3, -0.25) is 0 Å². The Morgan fingerprint density at radius 3 is 2.23 bits per heavy atom. The normalized spacial score (nSPS) is 16.2. The van der Waals surface area contributed by atoms with Crippen LogP contribution in [0.2, 0.25) is 0 Å². The zero-order valence-electron chi connectivity index (χ0n) is 18.4. The third-order valence-electron chi connectivity index (χ3n) is 6.40. The van der Waals surface area contributed by atoms with Gasteiger partial charge in [-0.25, -0.2) is 0 Å². The lowest BCUT2D eigenvalue weighted by Crippen LogP contribution is -2.04. The van der Waals surface area contributed by atoms with Crippen molar-refractivity contribution >= 4 is 5.57 Å². The van der Waals surface area contributed by atoms with Crippen molar-refractivity contribution in [2.75, 3.05) is 7.11 Å². The average molecular weight is 397 g/mol. The Morgan fingerprint density at radius 1 is 0.900 bits per heavy atom. The third-order valence-corrected chi connectivity index (χ3v) is 6.40. The molecule has 0 saturated heterocycles. The Hall–Kier alpha value is -2.80. The number of ether oxygens (including phenoxy) is 1. The molecule has 0 heterocycles. The van der Waals surface area contributed by atoms with Gasteiger partial charge in [0.2, 0.25) is 0 Å². The zero-order valence-corrected chi connectivity index (χ0v) is 18.4. The van der Waals surface area contributed by atoms with Gasteiger partial charge in [-0.2, -0.15) is 0 Å². The SMILES string of the molecule is CCCc1ccc(-c2ccc(C3=CCC(c4ccc(OC)cc4)CC3)cc2C)cc1. The lowest BCUT2D eigenvalue weighted by molar-refractivity contribution is 0.414. The van der Waals surface area contributed by atoms with Crippen molar-refractivity contribution in [2.45, 2.75) is 51.9 Å². The monoisotopic (exact) mass is 396 g/mol. The third kappa shape index (κ3) is 4.51. The van der Waals surface area contributed by atoms with E-state index in [1.165, 1.54) is 51.8 Å². The molecule has 1 nitrogen and oxygen atoms in total. The first-order valence-electron chi connectivity index (χ1n) is 11.2. The highest BCUT2D eigenvalue weighted by atomic mass is 16.5. The number of hydrogen-bond donors (Lipinski definition) is 0. The van der Waals surface area contributed by atoms with E-state index in [1.807, 2.05) is 0 Å². The fraction of sp³-hybridized carbons (Fsp3) is 0.310. The van der Waals surface area contributed by atoms with Crippen molar-refractivity contribution in [3.63, 3.8) is 0 Å². The van der Waals surface area contributed by atoms with E-state index in [2.05, 4.69) is 86.7 Å². The van der Waals surface area contributed by atoms with E-state index in [9.17, 15) is 0 Å². The quantitative estimate of drug-likeness (QED) is 0.410. The van der Waals surface area contributed by atoms with Crippen molar-refractivity contribution in [1.29, 1.82) is 0 Å². The summed E-state index contributed by atoms with van der Waals surface area (Å²) < 4.78 is 5.29. The molecule has 0 fully saturated rings. The largest absolute Gasteiger partial charge is 0.497 e. The van der Waals surface area contributed by atoms with E-state index in [4.69, 9.17) is 4.74 Å². The maximum Gasteiger partial charge on any atom is 0.118 e. The van der Waals surface area contributed by atoms with Crippen molar-refractivity contribution in [2.24, 2.45) is 0 Å². The molecule has 0 spiro atoms. The number of aryl methyl sites for hydroxylation is 2. The molecule has 1 heteroatoms. The fourth-order valence-corrected chi connectivity index (χ4v) is 4.60. The van der Waals surface area contributed by atoms with Gasteiger partial charge in [0.25, 0.3) is 0 Å². The van der Waals surface area contributed by atoms with E-state index in [-0.39, 0.29) is 0 Å². The highest BCUT2D eigenvalue weighted by Crippen LogP contribution is 2.37. The second-order valence-corrected chi connectivity index (χ2v) is 8.45. The Kier molecular flexibility index (Phi) is 6.38. The number of allylic oxidation sites excluding steroid dienone is 2. The maximum absolute atomic E-state index is 5.29. The molecule has 3 aromatic carbocycles. The van der Waals surface area contributed by atoms with Crippen LogP contribution in [0.5, 0.6) is 5.75 Å². The van der Waals surface area contributed by atoms with Crippen LogP contribution in [0.1, 0.15) is 60.8 Å². The lowest BCUT2D eigenvalue weighted by atomic mass is 9.82. The standard InChI is InChI=1S/C29H32O/c1-4-5-22-6-8-26(9-7-22)29-19-16-27(20-21(29)2)25-12-10-23(11-13-25)24-14-17-28(30-3)18-15-24/h6-9,12,14-20,23H,4-5,10-11,13H2,1-3H3. The van der Waals surface area contributed by atoms with Crippen molar-refractivity contribution in [3.8, 4) is 16.9 Å². The molecule has 3 aromatic rings. The maximum atomic E-state index is 5.29. The van der Waals surface area contributed by atoms with Gasteiger partial charge < -0.3 is 4.74 Å². The van der Waals surface area contributed by atoms with Gasteiger partial charge >= 0.3 is 0 Å². The van der Waals surface area contributed by atoms with E-state index >= 15 is 0 Å². The van der Waals surface area contributed by atoms with Crippen LogP contribution in [-0.4, -0.2) is 7.11 Å². The van der Waals surface area contributed by atoms with E-state index in [0.29, 0.717) is 5.92 Å². The van der Waals surface area contributed by atoms with E-state index < -0.39 is 0 Å². The summed E-state index contributed by atoms with van der Waals surface area (Å²) in [6.07, 6.45) is 8.26. The summed E-state index contributed by atoms with van der Waals surface area (Å²) in [7, 11) is 1.72. The minimum absolute atomic E-state index is 0.613. The molecule has 0 radical (unpaired) electrons. The summed E-state index contributed by atoms with van der Waals surface area (Å²) in [6.45, 7) is 4.47. The number of hydrogen-bond acceptors (Lipinski definition) is 1. The molecule has 1 aliphatic rings. The van der Waals surface area contributed by atoms with Crippen molar-refractivity contribution < 1.29 is 4.74 Å². The Labute approximate surface area is 181 Å². The van der Waals surface area contributed by atoms with Crippen LogP contribution in [0, 0.1) is 6.92 Å². The second-order valence-electron chi connectivity index (χ2n) is 8.45. The highest BCUT2D eigenvalue weighted by molar-refractivity contribution is 5.73. The molecule has 1 aliphatic carbocycles. The van der Waals surface area contributed by atoms with Gasteiger partial charge in [-0.1, -0.05) is 74.0 Å². The molecule has 154 valence electrons. The molecule has 0 aromatic heterocycles. The van der Waals surface area contributed by atoms with E-state index in [1.54, 1.807) is 7.11 Å². The fourth-order valence-electron chi connectivity index (χ4n) is 4.60. The van der Waals surface area contributed by atoms with Crippen molar-refractivity contribution in [1.82, 2.24) is 0 Å². The van der Waals surface area contributed by atoms with Crippen molar-refractivity contribution in [3.05, 3.63) is 95.1 Å². The Balaban J connectivity index is 1.48. The van der Waals surface area contributed by atoms with Crippen LogP contribution >= 0.6 is 0 Å². The van der Waals surface area contributed by atoms with Crippen LogP contribution in [0.15, 0.2) is 72.8 Å².